The molecular weight excluding hydrogens is 285 g/mol. The highest BCUT2D eigenvalue weighted by Crippen LogP contribution is 2.32. The second-order valence-corrected chi connectivity index (χ2v) is 4.32. The highest BCUT2D eigenvalue weighted by atomic mass is 35.5. The second-order valence-electron chi connectivity index (χ2n) is 3.91. The average Bonchev–Trinajstić information content (AvgIpc) is 2.90. The smallest absolute Gasteiger partial charge is 0.235 e. The predicted octanol–water partition coefficient (Wildman–Crippen LogP) is 2.98. The lowest BCUT2D eigenvalue weighted by molar-refractivity contribution is 0.467. The van der Waals surface area contributed by atoms with Gasteiger partial charge in [-0.25, -0.2) is 4.39 Å². The Bertz CT molecular complexity index is 776. The van der Waals surface area contributed by atoms with E-state index in [1.807, 2.05) is 0 Å². The molecule has 0 aliphatic carbocycles. The van der Waals surface area contributed by atoms with Crippen LogP contribution in [0.4, 0.5) is 10.3 Å². The first kappa shape index (κ1) is 12.6. The van der Waals surface area contributed by atoms with Crippen molar-refractivity contribution >= 4 is 28.6 Å². The van der Waals surface area contributed by atoms with Gasteiger partial charge in [0.2, 0.25) is 11.8 Å². The summed E-state index contributed by atoms with van der Waals surface area (Å²) in [6.45, 7) is 0. The van der Waals surface area contributed by atoms with Crippen molar-refractivity contribution in [3.63, 3.8) is 0 Å². The third kappa shape index (κ3) is 2.23. The zero-order valence-electron chi connectivity index (χ0n) is 10.3. The van der Waals surface area contributed by atoms with Crippen LogP contribution in [0.2, 0.25) is 5.02 Å². The molecule has 0 unspecified atom stereocenters. The number of nitrogens with zero attached hydrogens (tertiary/aromatic N) is 3. The number of anilines is 1. The van der Waals surface area contributed by atoms with Gasteiger partial charge in [0.1, 0.15) is 17.0 Å². The topological polar surface area (TPSA) is 75.7 Å². The van der Waals surface area contributed by atoms with Crippen molar-refractivity contribution in [2.45, 2.75) is 0 Å². The van der Waals surface area contributed by atoms with Crippen molar-refractivity contribution in [1.29, 1.82) is 0 Å². The summed E-state index contributed by atoms with van der Waals surface area (Å²) in [6, 6.07) is 3.86. The zero-order chi connectivity index (χ0) is 14.1. The zero-order valence-corrected chi connectivity index (χ0v) is 11.1. The number of ether oxygens (including phenoxy) is 1. The van der Waals surface area contributed by atoms with E-state index in [1.54, 1.807) is 13.2 Å². The Kier molecular flexibility index (Phi) is 3.11. The molecule has 0 amide bonds. The van der Waals surface area contributed by atoms with E-state index in [1.165, 1.54) is 18.2 Å². The van der Waals surface area contributed by atoms with E-state index in [0.29, 0.717) is 22.7 Å². The quantitative estimate of drug-likeness (QED) is 0.776. The van der Waals surface area contributed by atoms with E-state index in [-0.39, 0.29) is 10.9 Å². The number of H-pyrrole nitrogens is 1. The summed E-state index contributed by atoms with van der Waals surface area (Å²) in [5.74, 6) is 0.516. The van der Waals surface area contributed by atoms with E-state index in [9.17, 15) is 4.39 Å². The van der Waals surface area contributed by atoms with Crippen LogP contribution in [0.25, 0.3) is 11.0 Å². The van der Waals surface area contributed by atoms with Gasteiger partial charge >= 0.3 is 0 Å². The van der Waals surface area contributed by atoms with Crippen molar-refractivity contribution in [2.24, 2.45) is 0 Å². The summed E-state index contributed by atoms with van der Waals surface area (Å²) in [4.78, 5) is 8.37. The lowest BCUT2D eigenvalue weighted by atomic mass is 10.3. The minimum atomic E-state index is -0.436. The number of fused-ring (bicyclic) bond motifs is 1. The molecule has 6 nitrogen and oxygen atoms in total. The lowest BCUT2D eigenvalue weighted by Gasteiger charge is -2.08. The molecule has 2 aromatic heterocycles. The van der Waals surface area contributed by atoms with Crippen LogP contribution in [-0.2, 0) is 0 Å². The predicted molar refractivity (Wildman–Crippen MR) is 72.7 cm³/mol. The highest BCUT2D eigenvalue weighted by molar-refractivity contribution is 6.32. The van der Waals surface area contributed by atoms with Crippen LogP contribution in [0.5, 0.6) is 11.6 Å². The number of rotatable bonds is 3. The van der Waals surface area contributed by atoms with Gasteiger partial charge in [0, 0.05) is 7.05 Å². The van der Waals surface area contributed by atoms with Crippen molar-refractivity contribution in [3.8, 4) is 11.6 Å². The molecule has 0 aliphatic heterocycles. The maximum absolute atomic E-state index is 13.0. The maximum Gasteiger partial charge on any atom is 0.235 e. The van der Waals surface area contributed by atoms with Crippen LogP contribution in [0.1, 0.15) is 0 Å². The van der Waals surface area contributed by atoms with Gasteiger partial charge in [-0.1, -0.05) is 11.6 Å². The summed E-state index contributed by atoms with van der Waals surface area (Å²) < 4.78 is 18.6. The molecule has 0 radical (unpaired) electrons. The van der Waals surface area contributed by atoms with Gasteiger partial charge in [0.15, 0.2) is 5.65 Å². The molecule has 3 aromatic rings. The van der Waals surface area contributed by atoms with Crippen LogP contribution in [0, 0.1) is 5.82 Å². The van der Waals surface area contributed by atoms with Crippen molar-refractivity contribution in [1.82, 2.24) is 20.2 Å². The Labute approximate surface area is 118 Å². The molecule has 2 heterocycles. The number of halogens is 2. The average molecular weight is 294 g/mol. The third-order valence-electron chi connectivity index (χ3n) is 2.60. The Morgan fingerprint density at radius 1 is 1.35 bits per heavy atom. The number of hydrogen-bond acceptors (Lipinski definition) is 5. The first-order chi connectivity index (χ1) is 9.67. The molecule has 0 spiro atoms. The summed E-state index contributed by atoms with van der Waals surface area (Å²) in [5, 5.41) is 10.2. The van der Waals surface area contributed by atoms with Gasteiger partial charge in [-0.2, -0.15) is 15.1 Å². The second kappa shape index (κ2) is 4.93. The minimum Gasteiger partial charge on any atom is -0.436 e. The van der Waals surface area contributed by atoms with E-state index in [0.717, 1.165) is 0 Å². The summed E-state index contributed by atoms with van der Waals surface area (Å²) in [5.41, 5.74) is 0.526. The van der Waals surface area contributed by atoms with Gasteiger partial charge < -0.3 is 10.1 Å². The number of hydrogen-bond donors (Lipinski definition) is 2. The van der Waals surface area contributed by atoms with Crippen LogP contribution in [0.15, 0.2) is 24.4 Å². The Balaban J connectivity index is 2.07. The largest absolute Gasteiger partial charge is 0.436 e. The molecule has 0 atom stereocenters. The first-order valence-electron chi connectivity index (χ1n) is 5.69. The third-order valence-corrected chi connectivity index (χ3v) is 2.89. The van der Waals surface area contributed by atoms with Crippen molar-refractivity contribution in [2.75, 3.05) is 12.4 Å². The molecule has 102 valence electrons. The Morgan fingerprint density at radius 2 is 2.20 bits per heavy atom. The molecule has 0 bridgehead atoms. The maximum atomic E-state index is 13.0. The molecular formula is C12H9ClFN5O. The molecule has 0 fully saturated rings. The van der Waals surface area contributed by atoms with Gasteiger partial charge in [0.05, 0.1) is 11.2 Å². The fourth-order valence-electron chi connectivity index (χ4n) is 1.66. The van der Waals surface area contributed by atoms with Gasteiger partial charge in [-0.05, 0) is 18.2 Å². The lowest BCUT2D eigenvalue weighted by Crippen LogP contribution is -1.99. The van der Waals surface area contributed by atoms with E-state index < -0.39 is 5.82 Å². The monoisotopic (exact) mass is 293 g/mol. The Hall–Kier alpha value is -2.41. The number of aromatic amines is 1. The fraction of sp³-hybridized carbons (Fsp3) is 0.0833. The summed E-state index contributed by atoms with van der Waals surface area (Å²) in [6.07, 6.45) is 1.54. The summed E-state index contributed by atoms with van der Waals surface area (Å²) in [7, 11) is 1.69. The minimum absolute atomic E-state index is 0.159. The van der Waals surface area contributed by atoms with Crippen LogP contribution >= 0.6 is 11.6 Å². The Morgan fingerprint density at radius 3 is 2.95 bits per heavy atom. The molecule has 2 N–H and O–H groups in total. The molecule has 20 heavy (non-hydrogen) atoms. The van der Waals surface area contributed by atoms with E-state index >= 15 is 0 Å². The molecule has 0 aliphatic rings. The highest BCUT2D eigenvalue weighted by Gasteiger charge is 2.13. The SMILES string of the molecule is CNc1nc(Oc2ccc(F)cc2Cl)c2cn[nH]c2n1. The normalized spacial score (nSPS) is 10.8. The van der Waals surface area contributed by atoms with Gasteiger partial charge in [-0.3, -0.25) is 5.10 Å². The van der Waals surface area contributed by atoms with Crippen LogP contribution in [0.3, 0.4) is 0 Å². The van der Waals surface area contributed by atoms with Crippen molar-refractivity contribution in [3.05, 3.63) is 35.2 Å². The molecule has 0 saturated heterocycles. The van der Waals surface area contributed by atoms with E-state index in [2.05, 4.69) is 25.5 Å². The van der Waals surface area contributed by atoms with Crippen LogP contribution < -0.4 is 10.1 Å². The first-order valence-corrected chi connectivity index (χ1v) is 6.07. The number of benzene rings is 1. The molecule has 8 heteroatoms. The fourth-order valence-corrected chi connectivity index (χ4v) is 1.87. The number of aromatic nitrogens is 4. The molecule has 0 saturated carbocycles. The number of nitrogens with one attached hydrogen (secondary N) is 2. The molecule has 1 aromatic carbocycles. The molecule has 3 rings (SSSR count). The van der Waals surface area contributed by atoms with Crippen molar-refractivity contribution < 1.29 is 9.13 Å². The van der Waals surface area contributed by atoms with Crippen LogP contribution in [-0.4, -0.2) is 27.2 Å². The van der Waals surface area contributed by atoms with Gasteiger partial charge in [-0.15, -0.1) is 0 Å². The van der Waals surface area contributed by atoms with Gasteiger partial charge in [0.25, 0.3) is 0 Å². The standard InChI is InChI=1S/C12H9ClFN5O/c1-15-12-17-10-7(5-16-19-10)11(18-12)20-9-3-2-6(14)4-8(9)13/h2-5H,1H3,(H2,15,16,17,18,19). The summed E-state index contributed by atoms with van der Waals surface area (Å²) >= 11 is 5.93. The van der Waals surface area contributed by atoms with E-state index in [4.69, 9.17) is 16.3 Å².